The first-order valence-electron chi connectivity index (χ1n) is 3.85. The quantitative estimate of drug-likeness (QED) is 0.596. The predicted molar refractivity (Wildman–Crippen MR) is 49.2 cm³/mol. The molecule has 0 saturated carbocycles. The van der Waals surface area contributed by atoms with E-state index in [0.29, 0.717) is 0 Å². The fourth-order valence-corrected chi connectivity index (χ4v) is 0.772. The van der Waals surface area contributed by atoms with Gasteiger partial charge in [-0.25, -0.2) is 4.79 Å². The number of amides is 1. The molecule has 0 heterocycles. The Morgan fingerprint density at radius 1 is 1.38 bits per heavy atom. The molecule has 13 heavy (non-hydrogen) atoms. The van der Waals surface area contributed by atoms with Crippen LogP contribution in [0.1, 0.15) is 12.8 Å². The van der Waals surface area contributed by atoms with Gasteiger partial charge in [-0.1, -0.05) is 12.2 Å². The summed E-state index contributed by atoms with van der Waals surface area (Å²) < 4.78 is 0. The Hall–Kier alpha value is -1.58. The first-order valence-corrected chi connectivity index (χ1v) is 3.85. The minimum absolute atomic E-state index is 0.126. The Labute approximate surface area is 76.9 Å². The van der Waals surface area contributed by atoms with Crippen LogP contribution in [-0.4, -0.2) is 23.0 Å². The Balaban J connectivity index is 4.08. The molecule has 0 aliphatic rings. The minimum Gasteiger partial charge on any atom is -0.480 e. The highest BCUT2D eigenvalue weighted by atomic mass is 16.4. The summed E-state index contributed by atoms with van der Waals surface area (Å²) in [5.41, 5.74) is 0. The van der Waals surface area contributed by atoms with Crippen molar-refractivity contribution in [1.29, 1.82) is 0 Å². The summed E-state index contributed by atoms with van der Waals surface area (Å²) in [7, 11) is 0. The van der Waals surface area contributed by atoms with Crippen LogP contribution in [0.25, 0.3) is 0 Å². The van der Waals surface area contributed by atoms with Crippen molar-refractivity contribution >= 4 is 11.9 Å². The van der Waals surface area contributed by atoms with Crippen molar-refractivity contribution < 1.29 is 14.7 Å². The van der Waals surface area contributed by atoms with Crippen LogP contribution < -0.4 is 5.32 Å². The number of carboxylic acids is 1. The van der Waals surface area contributed by atoms with E-state index in [1.54, 1.807) is 0 Å². The lowest BCUT2D eigenvalue weighted by atomic mass is 10.2. The summed E-state index contributed by atoms with van der Waals surface area (Å²) in [6.45, 7) is 6.77. The van der Waals surface area contributed by atoms with E-state index in [9.17, 15) is 9.59 Å². The average molecular weight is 183 g/mol. The van der Waals surface area contributed by atoms with Crippen molar-refractivity contribution in [2.75, 3.05) is 0 Å². The van der Waals surface area contributed by atoms with Gasteiger partial charge in [0, 0.05) is 6.42 Å². The second kappa shape index (κ2) is 5.99. The summed E-state index contributed by atoms with van der Waals surface area (Å²) in [6.07, 6.45) is 3.22. The highest BCUT2D eigenvalue weighted by Crippen LogP contribution is 1.94. The maximum Gasteiger partial charge on any atom is 0.326 e. The van der Waals surface area contributed by atoms with Gasteiger partial charge in [-0.3, -0.25) is 4.79 Å². The second-order valence-corrected chi connectivity index (χ2v) is 2.48. The van der Waals surface area contributed by atoms with Gasteiger partial charge in [0.15, 0.2) is 0 Å². The fourth-order valence-electron chi connectivity index (χ4n) is 0.772. The Morgan fingerprint density at radius 2 is 2.00 bits per heavy atom. The molecule has 0 fully saturated rings. The largest absolute Gasteiger partial charge is 0.480 e. The van der Waals surface area contributed by atoms with Crippen LogP contribution in [0.2, 0.25) is 0 Å². The molecule has 4 nitrogen and oxygen atoms in total. The third kappa shape index (κ3) is 4.79. The predicted octanol–water partition coefficient (Wildman–Crippen LogP) is 0.708. The Bertz CT molecular complexity index is 223. The summed E-state index contributed by atoms with van der Waals surface area (Å²) in [5, 5.41) is 11.0. The highest BCUT2D eigenvalue weighted by molar-refractivity contribution is 5.84. The molecule has 0 aromatic heterocycles. The number of hydrogen-bond acceptors (Lipinski definition) is 2. The smallest absolute Gasteiger partial charge is 0.326 e. The number of carboxylic acid groups (broad SMARTS) is 1. The van der Waals surface area contributed by atoms with Gasteiger partial charge >= 0.3 is 5.97 Å². The Kier molecular flexibility index (Phi) is 5.27. The fraction of sp³-hybridized carbons (Fsp3) is 0.333. The van der Waals surface area contributed by atoms with E-state index in [2.05, 4.69) is 18.5 Å². The number of nitrogens with one attached hydrogen (secondary N) is 1. The molecule has 4 heteroatoms. The van der Waals surface area contributed by atoms with Crippen molar-refractivity contribution in [1.82, 2.24) is 5.32 Å². The number of rotatable bonds is 6. The zero-order valence-electron chi connectivity index (χ0n) is 7.32. The van der Waals surface area contributed by atoms with Gasteiger partial charge in [-0.05, 0) is 6.42 Å². The van der Waals surface area contributed by atoms with Crippen LogP contribution in [0, 0.1) is 0 Å². The van der Waals surface area contributed by atoms with E-state index in [4.69, 9.17) is 5.11 Å². The van der Waals surface area contributed by atoms with Gasteiger partial charge in [-0.15, -0.1) is 13.2 Å². The van der Waals surface area contributed by atoms with Crippen LogP contribution in [-0.2, 0) is 9.59 Å². The lowest BCUT2D eigenvalue weighted by Gasteiger charge is -2.11. The zero-order chi connectivity index (χ0) is 10.3. The molecule has 1 amide bonds. The monoisotopic (exact) mass is 183 g/mol. The van der Waals surface area contributed by atoms with E-state index >= 15 is 0 Å². The van der Waals surface area contributed by atoms with Gasteiger partial charge in [0.05, 0.1) is 0 Å². The molecule has 1 unspecified atom stereocenters. The van der Waals surface area contributed by atoms with Crippen LogP contribution in [0.5, 0.6) is 0 Å². The molecule has 2 N–H and O–H groups in total. The maximum absolute atomic E-state index is 11.0. The normalized spacial score (nSPS) is 11.4. The van der Waals surface area contributed by atoms with Crippen LogP contribution in [0.3, 0.4) is 0 Å². The Morgan fingerprint density at radius 3 is 2.38 bits per heavy atom. The van der Waals surface area contributed by atoms with Gasteiger partial charge < -0.3 is 10.4 Å². The van der Waals surface area contributed by atoms with E-state index in [-0.39, 0.29) is 18.7 Å². The van der Waals surface area contributed by atoms with Crippen molar-refractivity contribution in [3.05, 3.63) is 25.3 Å². The summed E-state index contributed by atoms with van der Waals surface area (Å²) in [5.74, 6) is -1.40. The molecular formula is C9H13NO3. The number of carbonyl (C=O) groups is 2. The number of hydrogen-bond donors (Lipinski definition) is 2. The van der Waals surface area contributed by atoms with E-state index < -0.39 is 12.0 Å². The lowest BCUT2D eigenvalue weighted by Crippen LogP contribution is -2.40. The van der Waals surface area contributed by atoms with Crippen molar-refractivity contribution in [3.63, 3.8) is 0 Å². The number of carbonyl (C=O) groups excluding carboxylic acids is 1. The van der Waals surface area contributed by atoms with Gasteiger partial charge in [-0.2, -0.15) is 0 Å². The molecule has 0 aliphatic carbocycles. The van der Waals surface area contributed by atoms with Crippen LogP contribution in [0.15, 0.2) is 25.3 Å². The highest BCUT2D eigenvalue weighted by Gasteiger charge is 2.16. The van der Waals surface area contributed by atoms with E-state index in [0.717, 1.165) is 0 Å². The number of aliphatic carboxylic acids is 1. The van der Waals surface area contributed by atoms with E-state index in [1.165, 1.54) is 12.2 Å². The van der Waals surface area contributed by atoms with Gasteiger partial charge in [0.2, 0.25) is 5.91 Å². The maximum atomic E-state index is 11.0. The molecule has 72 valence electrons. The molecule has 0 saturated heterocycles. The first-order chi connectivity index (χ1) is 6.11. The lowest BCUT2D eigenvalue weighted by molar-refractivity contribution is -0.141. The second-order valence-electron chi connectivity index (χ2n) is 2.48. The average Bonchev–Trinajstić information content (AvgIpc) is 2.04. The third-order valence-corrected chi connectivity index (χ3v) is 1.37. The molecule has 0 radical (unpaired) electrons. The molecule has 0 aromatic rings. The molecule has 0 rings (SSSR count). The topological polar surface area (TPSA) is 66.4 Å². The minimum atomic E-state index is -1.06. The third-order valence-electron chi connectivity index (χ3n) is 1.37. The first kappa shape index (κ1) is 11.4. The van der Waals surface area contributed by atoms with Crippen LogP contribution in [0.4, 0.5) is 0 Å². The summed E-state index contributed by atoms with van der Waals surface area (Å²) >= 11 is 0. The molecule has 0 bridgehead atoms. The van der Waals surface area contributed by atoms with Crippen molar-refractivity contribution in [3.8, 4) is 0 Å². The molecule has 0 aromatic carbocycles. The standard InChI is InChI=1S/C9H13NO3/c1-3-5-7(9(12)13)10-8(11)6-4-2/h3-4,7H,1-2,5-6H2,(H,10,11)(H,12,13). The molecular weight excluding hydrogens is 170 g/mol. The van der Waals surface area contributed by atoms with Gasteiger partial charge in [0.25, 0.3) is 0 Å². The molecule has 1 atom stereocenters. The van der Waals surface area contributed by atoms with E-state index in [1.807, 2.05) is 0 Å². The van der Waals surface area contributed by atoms with Crippen molar-refractivity contribution in [2.24, 2.45) is 0 Å². The summed E-state index contributed by atoms with van der Waals surface area (Å²) in [4.78, 5) is 21.5. The van der Waals surface area contributed by atoms with Crippen molar-refractivity contribution in [2.45, 2.75) is 18.9 Å². The van der Waals surface area contributed by atoms with Gasteiger partial charge in [0.1, 0.15) is 6.04 Å². The summed E-state index contributed by atoms with van der Waals surface area (Å²) in [6, 6.07) is -0.884. The SMILES string of the molecule is C=CCC(=O)NC(CC=C)C(=O)O. The zero-order valence-corrected chi connectivity index (χ0v) is 7.32. The molecule has 0 aliphatic heterocycles. The van der Waals surface area contributed by atoms with Crippen LogP contribution >= 0.6 is 0 Å². The molecule has 0 spiro atoms.